The Bertz CT molecular complexity index is 1130. The predicted octanol–water partition coefficient (Wildman–Crippen LogP) is 5.72. The van der Waals surface area contributed by atoms with Gasteiger partial charge in [0.25, 0.3) is 0 Å². The number of halogens is 1. The van der Waals surface area contributed by atoms with Crippen molar-refractivity contribution in [3.63, 3.8) is 0 Å². The molecule has 0 radical (unpaired) electrons. The van der Waals surface area contributed by atoms with Crippen LogP contribution in [0.15, 0.2) is 67.0 Å². The van der Waals surface area contributed by atoms with Crippen molar-refractivity contribution in [2.75, 3.05) is 11.9 Å². The van der Waals surface area contributed by atoms with Crippen molar-refractivity contribution in [1.29, 1.82) is 0 Å². The van der Waals surface area contributed by atoms with E-state index in [-0.39, 0.29) is 11.7 Å². The highest BCUT2D eigenvalue weighted by Crippen LogP contribution is 2.32. The van der Waals surface area contributed by atoms with Crippen molar-refractivity contribution in [3.8, 4) is 11.3 Å². The molecule has 0 fully saturated rings. The summed E-state index contributed by atoms with van der Waals surface area (Å²) in [5.74, 6) is 0.602. The lowest BCUT2D eigenvalue weighted by Gasteiger charge is -2.20. The van der Waals surface area contributed by atoms with Crippen molar-refractivity contribution >= 4 is 22.4 Å². The second-order valence-corrected chi connectivity index (χ2v) is 7.04. The highest BCUT2D eigenvalue weighted by molar-refractivity contribution is 5.96. The summed E-state index contributed by atoms with van der Waals surface area (Å²) < 4.78 is 14.3. The quantitative estimate of drug-likeness (QED) is 0.459. The molecule has 0 aliphatic rings. The molecule has 0 amide bonds. The van der Waals surface area contributed by atoms with Crippen LogP contribution in [0.25, 0.3) is 22.0 Å². The fourth-order valence-corrected chi connectivity index (χ4v) is 3.21. The van der Waals surface area contributed by atoms with Crippen molar-refractivity contribution in [2.45, 2.75) is 19.8 Å². The first kappa shape index (κ1) is 18.0. The summed E-state index contributed by atoms with van der Waals surface area (Å²) in [6, 6.07) is 16.6. The first-order chi connectivity index (χ1) is 13.5. The topological polar surface area (TPSA) is 41.9 Å². The van der Waals surface area contributed by atoms with Crippen molar-refractivity contribution in [1.82, 2.24) is 15.0 Å². The molecule has 0 aliphatic heterocycles. The Balaban J connectivity index is 1.91. The number of fused-ring (bicyclic) bond motifs is 1. The van der Waals surface area contributed by atoms with E-state index in [0.717, 1.165) is 28.0 Å². The molecule has 0 saturated carbocycles. The average Bonchev–Trinajstić information content (AvgIpc) is 2.74. The van der Waals surface area contributed by atoms with Gasteiger partial charge in [-0.25, -0.2) is 14.4 Å². The van der Waals surface area contributed by atoms with Gasteiger partial charge in [-0.15, -0.1) is 0 Å². The molecule has 5 heteroatoms. The van der Waals surface area contributed by atoms with E-state index in [9.17, 15) is 4.39 Å². The fraction of sp³-hybridized carbons (Fsp3) is 0.174. The van der Waals surface area contributed by atoms with Crippen molar-refractivity contribution in [3.05, 3.63) is 78.5 Å². The van der Waals surface area contributed by atoms with Crippen LogP contribution in [0.1, 0.15) is 25.5 Å². The Labute approximate surface area is 163 Å². The van der Waals surface area contributed by atoms with E-state index in [0.29, 0.717) is 11.3 Å². The van der Waals surface area contributed by atoms with Gasteiger partial charge in [-0.1, -0.05) is 38.1 Å². The summed E-state index contributed by atoms with van der Waals surface area (Å²) in [5.41, 5.74) is 3.57. The molecule has 0 N–H and O–H groups in total. The molecular formula is C23H21FN4. The SMILES string of the molecule is CC(C)c1cc(-c2ccc(F)c3ccccc23)nc(N(C)c2ccncc2)n1. The van der Waals surface area contributed by atoms with Crippen LogP contribution in [0, 0.1) is 5.82 Å². The van der Waals surface area contributed by atoms with Gasteiger partial charge in [-0.2, -0.15) is 0 Å². The molecule has 2 heterocycles. The second-order valence-electron chi connectivity index (χ2n) is 7.04. The Morgan fingerprint density at radius 1 is 0.893 bits per heavy atom. The van der Waals surface area contributed by atoms with Crippen LogP contribution < -0.4 is 4.90 Å². The lowest BCUT2D eigenvalue weighted by atomic mass is 10.00. The van der Waals surface area contributed by atoms with Crippen LogP contribution in [0.2, 0.25) is 0 Å². The van der Waals surface area contributed by atoms with E-state index in [1.54, 1.807) is 24.5 Å². The monoisotopic (exact) mass is 372 g/mol. The molecule has 4 aromatic rings. The molecule has 0 spiro atoms. The minimum atomic E-state index is -0.230. The number of pyridine rings is 1. The molecule has 0 aliphatic carbocycles. The Kier molecular flexibility index (Phi) is 4.74. The molecule has 0 bridgehead atoms. The van der Waals surface area contributed by atoms with E-state index >= 15 is 0 Å². The van der Waals surface area contributed by atoms with Crippen molar-refractivity contribution in [2.24, 2.45) is 0 Å². The van der Waals surface area contributed by atoms with Crippen molar-refractivity contribution < 1.29 is 4.39 Å². The number of nitrogens with zero attached hydrogens (tertiary/aromatic N) is 4. The van der Waals surface area contributed by atoms with Gasteiger partial charge < -0.3 is 4.90 Å². The minimum absolute atomic E-state index is 0.230. The maximum atomic E-state index is 14.3. The number of hydrogen-bond acceptors (Lipinski definition) is 4. The number of anilines is 2. The molecular weight excluding hydrogens is 351 g/mol. The Hall–Kier alpha value is -3.34. The van der Waals surface area contributed by atoms with E-state index in [4.69, 9.17) is 9.97 Å². The molecule has 2 aromatic carbocycles. The molecule has 0 atom stereocenters. The first-order valence-electron chi connectivity index (χ1n) is 9.25. The Morgan fingerprint density at radius 3 is 2.32 bits per heavy atom. The maximum Gasteiger partial charge on any atom is 0.230 e. The third-order valence-corrected chi connectivity index (χ3v) is 4.82. The van der Waals surface area contributed by atoms with Crippen LogP contribution in [-0.4, -0.2) is 22.0 Å². The zero-order chi connectivity index (χ0) is 19.7. The number of aromatic nitrogens is 3. The van der Waals surface area contributed by atoms with E-state index in [1.165, 1.54) is 6.07 Å². The summed E-state index contributed by atoms with van der Waals surface area (Å²) in [6.07, 6.45) is 3.49. The van der Waals surface area contributed by atoms with Gasteiger partial charge >= 0.3 is 0 Å². The van der Waals surface area contributed by atoms with Crippen LogP contribution in [0.3, 0.4) is 0 Å². The maximum absolute atomic E-state index is 14.3. The predicted molar refractivity (Wildman–Crippen MR) is 111 cm³/mol. The highest BCUT2D eigenvalue weighted by atomic mass is 19.1. The zero-order valence-corrected chi connectivity index (χ0v) is 16.1. The van der Waals surface area contributed by atoms with E-state index in [1.807, 2.05) is 48.3 Å². The molecule has 4 rings (SSSR count). The highest BCUT2D eigenvalue weighted by Gasteiger charge is 2.16. The van der Waals surface area contributed by atoms with Gasteiger partial charge in [0.1, 0.15) is 5.82 Å². The lowest BCUT2D eigenvalue weighted by molar-refractivity contribution is 0.640. The van der Waals surface area contributed by atoms with E-state index in [2.05, 4.69) is 18.8 Å². The molecule has 4 nitrogen and oxygen atoms in total. The summed E-state index contributed by atoms with van der Waals surface area (Å²) in [7, 11) is 1.93. The normalized spacial score (nSPS) is 11.2. The van der Waals surface area contributed by atoms with Gasteiger partial charge in [0.2, 0.25) is 5.95 Å². The largest absolute Gasteiger partial charge is 0.313 e. The standard InChI is InChI=1S/C23H21FN4/c1-15(2)21-14-22(19-8-9-20(24)18-7-5-4-6-17(18)19)27-23(26-21)28(3)16-10-12-25-13-11-16/h4-15H,1-3H3. The molecule has 0 saturated heterocycles. The number of hydrogen-bond donors (Lipinski definition) is 0. The van der Waals surface area contributed by atoms with Gasteiger partial charge in [0, 0.05) is 41.8 Å². The molecule has 0 unspecified atom stereocenters. The lowest BCUT2D eigenvalue weighted by Crippen LogP contribution is -2.15. The third kappa shape index (κ3) is 3.31. The first-order valence-corrected chi connectivity index (χ1v) is 9.25. The fourth-order valence-electron chi connectivity index (χ4n) is 3.21. The van der Waals surface area contributed by atoms with Crippen LogP contribution in [0.5, 0.6) is 0 Å². The van der Waals surface area contributed by atoms with Gasteiger partial charge in [0.05, 0.1) is 5.69 Å². The van der Waals surface area contributed by atoms with E-state index < -0.39 is 0 Å². The Morgan fingerprint density at radius 2 is 1.61 bits per heavy atom. The summed E-state index contributed by atoms with van der Waals surface area (Å²) in [5, 5.41) is 1.43. The third-order valence-electron chi connectivity index (χ3n) is 4.82. The second kappa shape index (κ2) is 7.35. The summed E-state index contributed by atoms with van der Waals surface area (Å²) >= 11 is 0. The summed E-state index contributed by atoms with van der Waals surface area (Å²) in [6.45, 7) is 4.20. The number of rotatable bonds is 4. The van der Waals surface area contributed by atoms with Gasteiger partial charge in [-0.05, 0) is 41.6 Å². The molecule has 28 heavy (non-hydrogen) atoms. The van der Waals surface area contributed by atoms with Gasteiger partial charge in [-0.3, -0.25) is 4.98 Å². The molecule has 140 valence electrons. The minimum Gasteiger partial charge on any atom is -0.313 e. The van der Waals surface area contributed by atoms with Crippen LogP contribution >= 0.6 is 0 Å². The average molecular weight is 372 g/mol. The zero-order valence-electron chi connectivity index (χ0n) is 16.1. The number of benzene rings is 2. The summed E-state index contributed by atoms with van der Waals surface area (Å²) in [4.78, 5) is 15.6. The molecule has 2 aromatic heterocycles. The smallest absolute Gasteiger partial charge is 0.230 e. The van der Waals surface area contributed by atoms with Gasteiger partial charge in [0.15, 0.2) is 0 Å². The van der Waals surface area contributed by atoms with Crippen LogP contribution in [0.4, 0.5) is 16.0 Å². The van der Waals surface area contributed by atoms with Crippen LogP contribution in [-0.2, 0) is 0 Å².